The van der Waals surface area contributed by atoms with Gasteiger partial charge in [0, 0.05) is 20.8 Å². The third-order valence-electron chi connectivity index (χ3n) is 17.8. The van der Waals surface area contributed by atoms with Crippen LogP contribution in [0.5, 0.6) is 0 Å². The molecule has 3 amide bonds. The first-order valence-corrected chi connectivity index (χ1v) is 31.1. The molecule has 0 aromatic carbocycles. The van der Waals surface area contributed by atoms with Crippen LogP contribution in [-0.2, 0) is 85.4 Å². The fourth-order valence-corrected chi connectivity index (χ4v) is 12.5. The van der Waals surface area contributed by atoms with Gasteiger partial charge in [-0.05, 0) is 0 Å². The average molecular weight is 1440 g/mol. The summed E-state index contributed by atoms with van der Waals surface area (Å²) >= 11 is 0. The number of rotatable bonds is 25. The summed E-state index contributed by atoms with van der Waals surface area (Å²) < 4.78 is 88.6. The summed E-state index contributed by atoms with van der Waals surface area (Å²) in [7, 11) is 0. The Morgan fingerprint density at radius 1 is 0.265 bits per heavy atom. The van der Waals surface area contributed by atoms with Crippen LogP contribution in [0.3, 0.4) is 0 Å². The molecule has 8 heterocycles. The molecule has 8 rings (SSSR count). The first-order chi connectivity index (χ1) is 46.3. The van der Waals surface area contributed by atoms with Gasteiger partial charge in [-0.15, -0.1) is 0 Å². The van der Waals surface area contributed by atoms with Crippen molar-refractivity contribution in [2.24, 2.45) is 0 Å². The number of carbonyl (C=O) groups is 3. The van der Waals surface area contributed by atoms with Crippen LogP contribution in [0, 0.1) is 0 Å². The zero-order chi connectivity index (χ0) is 72.2. The average Bonchev–Trinajstić information content (AvgIpc) is 0.766. The lowest BCUT2D eigenvalue weighted by Crippen LogP contribution is -2.71. The van der Waals surface area contributed by atoms with Crippen molar-refractivity contribution < 1.29 is 203 Å². The Hall–Kier alpha value is -3.11. The van der Waals surface area contributed by atoms with Gasteiger partial charge in [-0.25, -0.2) is 0 Å². The van der Waals surface area contributed by atoms with Crippen LogP contribution in [0.4, 0.5) is 0 Å². The Morgan fingerprint density at radius 3 is 1.03 bits per heavy atom. The third kappa shape index (κ3) is 17.6. The lowest BCUT2D eigenvalue weighted by Gasteiger charge is -2.52. The van der Waals surface area contributed by atoms with Crippen LogP contribution in [0.15, 0.2) is 0 Å². The quantitative estimate of drug-likeness (QED) is 0.0404. The van der Waals surface area contributed by atoms with Gasteiger partial charge in [0.25, 0.3) is 0 Å². The van der Waals surface area contributed by atoms with Crippen LogP contribution in [-0.4, -0.2) is 433 Å². The van der Waals surface area contributed by atoms with Crippen LogP contribution in [0.1, 0.15) is 20.8 Å². The van der Waals surface area contributed by atoms with E-state index in [1.165, 1.54) is 0 Å². The van der Waals surface area contributed by atoms with Crippen molar-refractivity contribution in [1.29, 1.82) is 0 Å². The fraction of sp³-hybridized carbons (Fsp3) is 0.944. The van der Waals surface area contributed by atoms with E-state index >= 15 is 0 Å². The standard InChI is InChI=1S/C54H91N3O41/c1-12(64)55-23-32(73)42(19(8-62)86-47(23)83)94-49-25(57-14(3)66)33(74)43(20(9-63)91-49)95-54-41(82)46(98-53-39(80)36(77)29(70)18(7-61)90-53)44(96-48-24(56-13(2)65)31(72)26(67)15(4-58)87-48)22(93-54)11-85-51-40(81)45(97-52-38(79)35(76)28(69)17(6-60)89-52)30(71)21(92-51)10-84-50-37(78)34(75)27(68)16(5-59)88-50/h15-54,58-63,67-83H,4-11H2,1-3H3,(H,55,64)(H,56,65)(H,57,66)/t15-,16-,17-,18-,19-,20-,21-,22-,23-,24-,25-,26-,27-,28-,29-,30-,31-,32-,33-,34+,35+,36+,37+,38+,39+,40+,41+,42-,43-,44-,45+,46-,47?,48+,49+,50+,51+,52-,53-,54+/m1/s1. The maximum atomic E-state index is 12.9. The van der Waals surface area contributed by atoms with Gasteiger partial charge in [0.2, 0.25) is 17.7 Å². The van der Waals surface area contributed by atoms with Crippen molar-refractivity contribution in [3.63, 3.8) is 0 Å². The number of aliphatic hydroxyl groups excluding tert-OH is 23. The van der Waals surface area contributed by atoms with Gasteiger partial charge in [-0.2, -0.15) is 0 Å². The molecule has 0 bridgehead atoms. The Bertz CT molecular complexity index is 2510. The van der Waals surface area contributed by atoms with Gasteiger partial charge in [-0.3, -0.25) is 14.4 Å². The summed E-state index contributed by atoms with van der Waals surface area (Å²) in [6.45, 7) is -5.55. The second-order valence-electron chi connectivity index (χ2n) is 24.7. The summed E-state index contributed by atoms with van der Waals surface area (Å²) in [5.74, 6) is -2.62. The van der Waals surface area contributed by atoms with Crippen molar-refractivity contribution in [3.05, 3.63) is 0 Å². The highest BCUT2D eigenvalue weighted by Gasteiger charge is 2.60. The Labute approximate surface area is 554 Å². The summed E-state index contributed by atoms with van der Waals surface area (Å²) in [5, 5.41) is 259. The molecule has 44 heteroatoms. The molecular formula is C54H91N3O41. The van der Waals surface area contributed by atoms with E-state index in [1.54, 1.807) is 0 Å². The van der Waals surface area contributed by atoms with E-state index in [1.807, 2.05) is 0 Å². The molecule has 0 spiro atoms. The molecule has 8 fully saturated rings. The minimum atomic E-state index is -2.54. The maximum absolute atomic E-state index is 12.9. The monoisotopic (exact) mass is 1440 g/mol. The SMILES string of the molecule is CC(=O)N[C@H]1[C@H](O[C@H]2[C@H](O)[C@@H](NC(C)=O)C(O)O[C@@H]2CO)O[C@H](CO)[C@@H](O[C@@H]2O[C@H](CO[C@H]3O[C@H](CO[C@H]4O[C@H](CO)[C@@H](O)[C@H](O)[C@@H]4O)[C@@H](O)[C@H](O[C@H]4O[C@H](CO)[C@@H](O)[C@H](O)[C@@H]4O)[C@@H]3O)[C@@H](O[C@@H]3O[C@H](CO)[C@@H](O)[C@H](O)[C@H]3NC(C)=O)[C@H](O[C@H]3O[C@H](CO)[C@@H](O)[C@H](O)[C@@H]3O)[C@@H]2O)[C@@H]1O. The molecule has 1 unspecified atom stereocenters. The molecule has 568 valence electrons. The molecule has 98 heavy (non-hydrogen) atoms. The maximum Gasteiger partial charge on any atom is 0.217 e. The van der Waals surface area contributed by atoms with E-state index in [0.29, 0.717) is 0 Å². The molecule has 44 nitrogen and oxygen atoms in total. The highest BCUT2D eigenvalue weighted by atomic mass is 16.8. The van der Waals surface area contributed by atoms with Gasteiger partial charge in [0.15, 0.2) is 50.3 Å². The van der Waals surface area contributed by atoms with E-state index < -0.39 is 316 Å². The highest BCUT2D eigenvalue weighted by molar-refractivity contribution is 5.74. The lowest BCUT2D eigenvalue weighted by atomic mass is 9.93. The molecule has 8 aliphatic rings. The first-order valence-electron chi connectivity index (χ1n) is 31.1. The van der Waals surface area contributed by atoms with Crippen molar-refractivity contribution in [2.45, 2.75) is 266 Å². The summed E-state index contributed by atoms with van der Waals surface area (Å²) in [4.78, 5) is 37.8. The van der Waals surface area contributed by atoms with E-state index in [2.05, 4.69) is 16.0 Å². The Morgan fingerprint density at radius 2 is 0.561 bits per heavy atom. The first kappa shape index (κ1) is 80.6. The Balaban J connectivity index is 1.19. The van der Waals surface area contributed by atoms with E-state index in [9.17, 15) is 132 Å². The molecule has 8 saturated heterocycles. The predicted molar refractivity (Wildman–Crippen MR) is 299 cm³/mol. The van der Waals surface area contributed by atoms with Crippen molar-refractivity contribution in [1.82, 2.24) is 16.0 Å². The van der Waals surface area contributed by atoms with E-state index in [4.69, 9.17) is 71.1 Å². The molecule has 0 saturated carbocycles. The predicted octanol–water partition coefficient (Wildman–Crippen LogP) is -18.0. The summed E-state index contributed by atoms with van der Waals surface area (Å²) in [6.07, 6.45) is -76.7. The summed E-state index contributed by atoms with van der Waals surface area (Å²) in [6, 6.07) is -5.41. The van der Waals surface area contributed by atoms with E-state index in [0.717, 1.165) is 20.8 Å². The van der Waals surface area contributed by atoms with Crippen LogP contribution >= 0.6 is 0 Å². The smallest absolute Gasteiger partial charge is 0.217 e. The number of carbonyl (C=O) groups excluding carboxylic acids is 3. The number of hydrogen-bond donors (Lipinski definition) is 26. The minimum absolute atomic E-state index is 0.774. The van der Waals surface area contributed by atoms with Gasteiger partial charge in [0.1, 0.15) is 195 Å². The molecule has 0 aromatic heterocycles. The molecule has 0 radical (unpaired) electrons. The second-order valence-corrected chi connectivity index (χ2v) is 24.7. The second kappa shape index (κ2) is 35.1. The van der Waals surface area contributed by atoms with Gasteiger partial charge >= 0.3 is 0 Å². The third-order valence-corrected chi connectivity index (χ3v) is 17.8. The minimum Gasteiger partial charge on any atom is -0.394 e. The number of nitrogens with one attached hydrogen (secondary N) is 3. The molecule has 40 atom stereocenters. The van der Waals surface area contributed by atoms with Crippen LogP contribution in [0.2, 0.25) is 0 Å². The summed E-state index contributed by atoms with van der Waals surface area (Å²) in [5.41, 5.74) is 0. The molecular weight excluding hydrogens is 1350 g/mol. The van der Waals surface area contributed by atoms with Crippen molar-refractivity contribution in [2.75, 3.05) is 52.9 Å². The number of aliphatic hydroxyl groups is 23. The van der Waals surface area contributed by atoms with Crippen molar-refractivity contribution >= 4 is 17.7 Å². The number of hydrogen-bond acceptors (Lipinski definition) is 41. The number of ether oxygens (including phenoxy) is 15. The van der Waals surface area contributed by atoms with E-state index in [-0.39, 0.29) is 0 Å². The lowest BCUT2D eigenvalue weighted by molar-refractivity contribution is -0.400. The van der Waals surface area contributed by atoms with Crippen LogP contribution in [0.25, 0.3) is 0 Å². The Kier molecular flexibility index (Phi) is 28.9. The largest absolute Gasteiger partial charge is 0.394 e. The fourth-order valence-electron chi connectivity index (χ4n) is 12.5. The van der Waals surface area contributed by atoms with Gasteiger partial charge in [0.05, 0.1) is 52.9 Å². The molecule has 0 aromatic rings. The molecule has 8 aliphatic heterocycles. The highest BCUT2D eigenvalue weighted by Crippen LogP contribution is 2.39. The topological polar surface area (TPSA) is 691 Å². The normalized spacial score (nSPS) is 49.5. The zero-order valence-corrected chi connectivity index (χ0v) is 52.4. The molecule has 0 aliphatic carbocycles. The number of amides is 3. The van der Waals surface area contributed by atoms with Crippen molar-refractivity contribution in [3.8, 4) is 0 Å². The molecule has 26 N–H and O–H groups in total. The van der Waals surface area contributed by atoms with Gasteiger partial charge in [-0.1, -0.05) is 0 Å². The van der Waals surface area contributed by atoms with Crippen LogP contribution < -0.4 is 16.0 Å². The zero-order valence-electron chi connectivity index (χ0n) is 52.4. The van der Waals surface area contributed by atoms with Gasteiger partial charge < -0.3 is 204 Å².